The van der Waals surface area contributed by atoms with E-state index in [-0.39, 0.29) is 29.6 Å². The quantitative estimate of drug-likeness (QED) is 0.442. The zero-order chi connectivity index (χ0) is 10.3. The van der Waals surface area contributed by atoms with Crippen molar-refractivity contribution < 1.29 is 17.9 Å². The Morgan fingerprint density at radius 1 is 1.50 bits per heavy atom. The van der Waals surface area contributed by atoms with Gasteiger partial charge < -0.3 is 4.74 Å². The molecule has 2 aliphatic heterocycles. The maximum absolute atomic E-state index is 11.2. The zero-order valence-electron chi connectivity index (χ0n) is 7.97. The summed E-state index contributed by atoms with van der Waals surface area (Å²) in [5.41, 5.74) is 0. The van der Waals surface area contributed by atoms with E-state index in [0.717, 1.165) is 0 Å². The Hall–Kier alpha value is -0.620. The molecule has 2 aliphatic rings. The number of esters is 1. The fourth-order valence-electron chi connectivity index (χ4n) is 1.94. The van der Waals surface area contributed by atoms with Gasteiger partial charge in [0.15, 0.2) is 9.84 Å². The lowest BCUT2D eigenvalue weighted by Gasteiger charge is -2.08. The van der Waals surface area contributed by atoms with Crippen LogP contribution in [-0.2, 0) is 19.4 Å². The smallest absolute Gasteiger partial charge is 0.324 e. The van der Waals surface area contributed by atoms with Crippen molar-refractivity contribution in [3.05, 3.63) is 0 Å². The zero-order valence-corrected chi connectivity index (χ0v) is 8.79. The summed E-state index contributed by atoms with van der Waals surface area (Å²) >= 11 is 0. The van der Waals surface area contributed by atoms with E-state index in [2.05, 4.69) is 4.74 Å². The van der Waals surface area contributed by atoms with Crippen LogP contribution in [0.5, 0.6) is 0 Å². The van der Waals surface area contributed by atoms with Gasteiger partial charge in [-0.15, -0.1) is 0 Å². The first-order chi connectivity index (χ1) is 6.53. The van der Waals surface area contributed by atoms with Crippen LogP contribution < -0.4 is 0 Å². The van der Waals surface area contributed by atoms with Crippen molar-refractivity contribution >= 4 is 15.8 Å². The predicted octanol–water partition coefficient (Wildman–Crippen LogP) is -0.969. The molecule has 3 unspecified atom stereocenters. The molecule has 2 saturated heterocycles. The van der Waals surface area contributed by atoms with Gasteiger partial charge in [0.1, 0.15) is 6.04 Å². The van der Waals surface area contributed by atoms with Crippen molar-refractivity contribution in [1.82, 2.24) is 4.90 Å². The van der Waals surface area contributed by atoms with E-state index >= 15 is 0 Å². The second-order valence-corrected chi connectivity index (χ2v) is 6.02. The van der Waals surface area contributed by atoms with Crippen molar-refractivity contribution in [3.8, 4) is 0 Å². The minimum Gasteiger partial charge on any atom is -0.468 e. The number of carbonyl (C=O) groups excluding carboxylic acids is 1. The van der Waals surface area contributed by atoms with E-state index in [1.54, 1.807) is 0 Å². The Morgan fingerprint density at radius 3 is 2.71 bits per heavy atom. The predicted molar refractivity (Wildman–Crippen MR) is 49.6 cm³/mol. The summed E-state index contributed by atoms with van der Waals surface area (Å²) in [5, 5.41) is 0. The van der Waals surface area contributed by atoms with Crippen LogP contribution in [-0.4, -0.2) is 56.5 Å². The lowest BCUT2D eigenvalue weighted by atomic mass is 10.3. The first kappa shape index (κ1) is 9.92. The molecule has 14 heavy (non-hydrogen) atoms. The molecular weight excluding hydrogens is 206 g/mol. The summed E-state index contributed by atoms with van der Waals surface area (Å²) in [6.07, 6.45) is 0.649. The van der Waals surface area contributed by atoms with E-state index in [1.165, 1.54) is 7.11 Å². The lowest BCUT2D eigenvalue weighted by Crippen LogP contribution is -2.25. The van der Waals surface area contributed by atoms with E-state index in [0.29, 0.717) is 13.0 Å². The first-order valence-corrected chi connectivity index (χ1v) is 6.39. The standard InChI is InChI=1S/C8H13NO4S/c1-13-8(10)7-4-9(7)6-2-3-14(11,12)5-6/h6-7H,2-5H2,1H3. The van der Waals surface area contributed by atoms with Crippen molar-refractivity contribution in [3.63, 3.8) is 0 Å². The molecule has 0 aliphatic carbocycles. The Bertz CT molecular complexity index is 350. The molecule has 80 valence electrons. The maximum Gasteiger partial charge on any atom is 0.324 e. The number of hydrogen-bond acceptors (Lipinski definition) is 5. The highest BCUT2D eigenvalue weighted by atomic mass is 32.2. The third kappa shape index (κ3) is 1.76. The first-order valence-electron chi connectivity index (χ1n) is 4.57. The number of carbonyl (C=O) groups is 1. The second-order valence-electron chi connectivity index (χ2n) is 3.79. The van der Waals surface area contributed by atoms with Crippen LogP contribution >= 0.6 is 0 Å². The van der Waals surface area contributed by atoms with E-state index in [4.69, 9.17) is 0 Å². The van der Waals surface area contributed by atoms with Gasteiger partial charge in [0.05, 0.1) is 18.6 Å². The summed E-state index contributed by atoms with van der Waals surface area (Å²) in [4.78, 5) is 13.0. The molecule has 5 nitrogen and oxygen atoms in total. The molecule has 0 radical (unpaired) electrons. The summed E-state index contributed by atoms with van der Waals surface area (Å²) in [6, 6.07) is -0.164. The summed E-state index contributed by atoms with van der Waals surface area (Å²) in [5.74, 6) is 0.192. The summed E-state index contributed by atoms with van der Waals surface area (Å²) in [7, 11) is -1.50. The van der Waals surface area contributed by atoms with Crippen LogP contribution in [0.2, 0.25) is 0 Å². The average molecular weight is 219 g/mol. The topological polar surface area (TPSA) is 63.5 Å². The van der Waals surface area contributed by atoms with Gasteiger partial charge in [0, 0.05) is 12.6 Å². The molecular formula is C8H13NO4S. The minimum atomic E-state index is -2.85. The molecule has 2 heterocycles. The van der Waals surface area contributed by atoms with Crippen LogP contribution in [0.3, 0.4) is 0 Å². The molecule has 2 rings (SSSR count). The van der Waals surface area contributed by atoms with Crippen LogP contribution in [0, 0.1) is 0 Å². The van der Waals surface area contributed by atoms with Crippen molar-refractivity contribution in [2.45, 2.75) is 18.5 Å². The highest BCUT2D eigenvalue weighted by molar-refractivity contribution is 7.91. The van der Waals surface area contributed by atoms with Gasteiger partial charge in [0.25, 0.3) is 0 Å². The Labute approximate surface area is 82.9 Å². The molecule has 0 aromatic carbocycles. The van der Waals surface area contributed by atoms with E-state index in [1.807, 2.05) is 4.90 Å². The largest absolute Gasteiger partial charge is 0.468 e. The molecule has 0 bridgehead atoms. The Balaban J connectivity index is 1.92. The second kappa shape index (κ2) is 3.20. The normalized spacial score (nSPS) is 39.4. The Kier molecular flexibility index (Phi) is 2.27. The van der Waals surface area contributed by atoms with Crippen molar-refractivity contribution in [2.24, 2.45) is 0 Å². The van der Waals surface area contributed by atoms with Gasteiger partial charge in [-0.1, -0.05) is 0 Å². The molecule has 0 aromatic heterocycles. The molecule has 6 heteroatoms. The van der Waals surface area contributed by atoms with Crippen molar-refractivity contribution in [1.29, 1.82) is 0 Å². The fourth-order valence-corrected chi connectivity index (χ4v) is 3.68. The van der Waals surface area contributed by atoms with Gasteiger partial charge in [-0.05, 0) is 6.42 Å². The number of methoxy groups -OCH3 is 1. The monoisotopic (exact) mass is 219 g/mol. The van der Waals surface area contributed by atoms with Gasteiger partial charge >= 0.3 is 5.97 Å². The number of nitrogens with zero attached hydrogens (tertiary/aromatic N) is 1. The molecule has 2 fully saturated rings. The number of rotatable bonds is 2. The van der Waals surface area contributed by atoms with Crippen LogP contribution in [0.25, 0.3) is 0 Å². The molecule has 0 N–H and O–H groups in total. The third-order valence-corrected chi connectivity index (χ3v) is 4.55. The molecule has 0 amide bonds. The SMILES string of the molecule is COC(=O)C1CN1C1CCS(=O)(=O)C1. The average Bonchev–Trinajstić information content (AvgIpc) is 2.84. The van der Waals surface area contributed by atoms with Gasteiger partial charge in [-0.25, -0.2) is 8.42 Å². The summed E-state index contributed by atoms with van der Waals surface area (Å²) < 4.78 is 26.9. The number of ether oxygens (including phenoxy) is 1. The van der Waals surface area contributed by atoms with Crippen molar-refractivity contribution in [2.75, 3.05) is 25.2 Å². The van der Waals surface area contributed by atoms with Gasteiger partial charge in [-0.2, -0.15) is 0 Å². The maximum atomic E-state index is 11.2. The minimum absolute atomic E-state index is 0.0316. The number of hydrogen-bond donors (Lipinski definition) is 0. The number of sulfone groups is 1. The molecule has 3 atom stereocenters. The Morgan fingerprint density at radius 2 is 2.21 bits per heavy atom. The fraction of sp³-hybridized carbons (Fsp3) is 0.875. The van der Waals surface area contributed by atoms with Crippen LogP contribution in [0.1, 0.15) is 6.42 Å². The molecule has 0 saturated carbocycles. The van der Waals surface area contributed by atoms with Crippen LogP contribution in [0.15, 0.2) is 0 Å². The van der Waals surface area contributed by atoms with E-state index < -0.39 is 9.84 Å². The highest BCUT2D eigenvalue weighted by Gasteiger charge is 2.48. The van der Waals surface area contributed by atoms with Gasteiger partial charge in [0.2, 0.25) is 0 Å². The highest BCUT2D eigenvalue weighted by Crippen LogP contribution is 2.28. The molecule has 0 spiro atoms. The lowest BCUT2D eigenvalue weighted by molar-refractivity contribution is -0.141. The van der Waals surface area contributed by atoms with Gasteiger partial charge in [-0.3, -0.25) is 9.69 Å². The third-order valence-electron chi connectivity index (χ3n) is 2.80. The van der Waals surface area contributed by atoms with Crippen LogP contribution in [0.4, 0.5) is 0 Å². The van der Waals surface area contributed by atoms with E-state index in [9.17, 15) is 13.2 Å². The molecule has 0 aromatic rings. The summed E-state index contributed by atoms with van der Waals surface area (Å²) in [6.45, 7) is 0.646.